The van der Waals surface area contributed by atoms with Crippen molar-refractivity contribution in [1.82, 2.24) is 14.8 Å². The van der Waals surface area contributed by atoms with Gasteiger partial charge in [0.2, 0.25) is 0 Å². The van der Waals surface area contributed by atoms with Crippen LogP contribution in [0.1, 0.15) is 30.3 Å². The number of nitrogens with two attached hydrogens (primary N) is 1. The van der Waals surface area contributed by atoms with Gasteiger partial charge in [-0.1, -0.05) is 23.4 Å². The molecule has 1 saturated carbocycles. The molecule has 0 aliphatic heterocycles. The van der Waals surface area contributed by atoms with E-state index < -0.39 is 0 Å². The molecule has 0 saturated heterocycles. The zero-order chi connectivity index (χ0) is 14.8. The molecule has 1 aliphatic carbocycles. The Morgan fingerprint density at radius 3 is 2.90 bits per heavy atom. The highest BCUT2D eigenvalue weighted by Gasteiger charge is 2.29. The van der Waals surface area contributed by atoms with Crippen LogP contribution in [0.3, 0.4) is 0 Å². The second-order valence-electron chi connectivity index (χ2n) is 4.95. The molecular formula is C14H17ClN4OS. The Balaban J connectivity index is 1.79. The van der Waals surface area contributed by atoms with Crippen LogP contribution in [-0.4, -0.2) is 21.9 Å². The highest BCUT2D eigenvalue weighted by Crippen LogP contribution is 2.39. The molecule has 1 aromatic heterocycles. The zero-order valence-corrected chi connectivity index (χ0v) is 13.3. The molecule has 0 unspecified atom stereocenters. The van der Waals surface area contributed by atoms with Crippen LogP contribution in [0.2, 0.25) is 5.02 Å². The van der Waals surface area contributed by atoms with Crippen molar-refractivity contribution in [1.29, 1.82) is 0 Å². The molecule has 0 bridgehead atoms. The molecule has 1 aromatic carbocycles. The van der Waals surface area contributed by atoms with E-state index in [1.54, 1.807) is 18.9 Å². The number of ether oxygens (including phenoxy) is 1. The van der Waals surface area contributed by atoms with E-state index in [9.17, 15) is 0 Å². The number of thioether (sulfide) groups is 1. The van der Waals surface area contributed by atoms with E-state index >= 15 is 0 Å². The van der Waals surface area contributed by atoms with Crippen LogP contribution in [0, 0.1) is 0 Å². The number of hydrogen-bond acceptors (Lipinski definition) is 5. The van der Waals surface area contributed by atoms with Gasteiger partial charge in [0.15, 0.2) is 5.16 Å². The average molecular weight is 325 g/mol. The van der Waals surface area contributed by atoms with Crippen molar-refractivity contribution >= 4 is 23.4 Å². The maximum atomic E-state index is 6.06. The van der Waals surface area contributed by atoms with Crippen LogP contribution < -0.4 is 10.5 Å². The predicted molar refractivity (Wildman–Crippen MR) is 83.7 cm³/mol. The number of halogens is 1. The van der Waals surface area contributed by atoms with Gasteiger partial charge in [-0.3, -0.25) is 0 Å². The van der Waals surface area contributed by atoms with E-state index in [1.165, 1.54) is 12.8 Å². The third kappa shape index (κ3) is 3.17. The zero-order valence-electron chi connectivity index (χ0n) is 11.8. The molecule has 1 fully saturated rings. The number of rotatable bonds is 6. The molecule has 5 nitrogen and oxygen atoms in total. The summed E-state index contributed by atoms with van der Waals surface area (Å²) in [5.74, 6) is 2.43. The molecule has 21 heavy (non-hydrogen) atoms. The van der Waals surface area contributed by atoms with Crippen LogP contribution in [0.4, 0.5) is 0 Å². The van der Waals surface area contributed by atoms with E-state index in [4.69, 9.17) is 22.1 Å². The Morgan fingerprint density at radius 1 is 1.43 bits per heavy atom. The molecule has 0 amide bonds. The van der Waals surface area contributed by atoms with Crippen LogP contribution in [-0.2, 0) is 12.3 Å². The van der Waals surface area contributed by atoms with Gasteiger partial charge in [0, 0.05) is 22.4 Å². The molecule has 1 aliphatic rings. The van der Waals surface area contributed by atoms with E-state index in [1.807, 2.05) is 18.2 Å². The SMILES string of the molecule is COc1ccc(Cl)cc1CSc1nnc(CN)n1C1CC1. The lowest BCUT2D eigenvalue weighted by atomic mass is 10.2. The van der Waals surface area contributed by atoms with Crippen molar-refractivity contribution < 1.29 is 4.74 Å². The van der Waals surface area contributed by atoms with Crippen molar-refractivity contribution in [3.63, 3.8) is 0 Å². The fourth-order valence-corrected chi connectivity index (χ4v) is 3.44. The van der Waals surface area contributed by atoms with E-state index in [-0.39, 0.29) is 0 Å². The molecule has 2 N–H and O–H groups in total. The van der Waals surface area contributed by atoms with Crippen LogP contribution in [0.25, 0.3) is 0 Å². The Bertz CT molecular complexity index is 642. The molecule has 0 radical (unpaired) electrons. The normalized spacial score (nSPS) is 14.4. The quantitative estimate of drug-likeness (QED) is 0.827. The van der Waals surface area contributed by atoms with Crippen molar-refractivity contribution in [3.05, 3.63) is 34.6 Å². The van der Waals surface area contributed by atoms with Crippen molar-refractivity contribution in [2.24, 2.45) is 5.73 Å². The summed E-state index contributed by atoms with van der Waals surface area (Å²) in [6, 6.07) is 6.15. The first-order valence-corrected chi connectivity index (χ1v) is 8.18. The summed E-state index contributed by atoms with van der Waals surface area (Å²) in [7, 11) is 1.66. The lowest BCUT2D eigenvalue weighted by Crippen LogP contribution is -2.08. The minimum Gasteiger partial charge on any atom is -0.496 e. The van der Waals surface area contributed by atoms with Gasteiger partial charge in [0.05, 0.1) is 13.7 Å². The van der Waals surface area contributed by atoms with E-state index in [0.29, 0.717) is 17.6 Å². The lowest BCUT2D eigenvalue weighted by Gasteiger charge is -2.10. The summed E-state index contributed by atoms with van der Waals surface area (Å²) in [5, 5.41) is 10.1. The number of methoxy groups -OCH3 is 1. The smallest absolute Gasteiger partial charge is 0.191 e. The van der Waals surface area contributed by atoms with Crippen LogP contribution in [0.15, 0.2) is 23.4 Å². The summed E-state index contributed by atoms with van der Waals surface area (Å²) >= 11 is 7.70. The van der Waals surface area contributed by atoms with Crippen LogP contribution >= 0.6 is 23.4 Å². The van der Waals surface area contributed by atoms with Crippen molar-refractivity contribution in [3.8, 4) is 5.75 Å². The summed E-state index contributed by atoms with van der Waals surface area (Å²) in [6.07, 6.45) is 2.36. The average Bonchev–Trinajstić information content (AvgIpc) is 3.25. The number of benzene rings is 1. The van der Waals surface area contributed by atoms with Crippen molar-refractivity contribution in [2.75, 3.05) is 7.11 Å². The topological polar surface area (TPSA) is 66.0 Å². The fourth-order valence-electron chi connectivity index (χ4n) is 2.25. The number of aromatic nitrogens is 3. The number of nitrogens with zero attached hydrogens (tertiary/aromatic N) is 3. The van der Waals surface area contributed by atoms with Gasteiger partial charge in [-0.05, 0) is 31.0 Å². The monoisotopic (exact) mass is 324 g/mol. The predicted octanol–water partition coefficient (Wildman–Crippen LogP) is 3.03. The molecule has 112 valence electrons. The Kier molecular flexibility index (Phi) is 4.37. The highest BCUT2D eigenvalue weighted by molar-refractivity contribution is 7.98. The van der Waals surface area contributed by atoms with Crippen LogP contribution in [0.5, 0.6) is 5.75 Å². The standard InChI is InChI=1S/C14H17ClN4OS/c1-20-12-5-2-10(15)6-9(12)8-21-14-18-17-13(7-16)19(14)11-3-4-11/h2,5-6,11H,3-4,7-8,16H2,1H3. The highest BCUT2D eigenvalue weighted by atomic mass is 35.5. The maximum Gasteiger partial charge on any atom is 0.191 e. The maximum absolute atomic E-state index is 6.06. The minimum atomic E-state index is 0.421. The molecule has 7 heteroatoms. The first-order chi connectivity index (χ1) is 10.2. The Morgan fingerprint density at radius 2 is 2.24 bits per heavy atom. The van der Waals surface area contributed by atoms with Gasteiger partial charge in [-0.15, -0.1) is 10.2 Å². The summed E-state index contributed by atoms with van der Waals surface area (Å²) in [5.41, 5.74) is 6.78. The first kappa shape index (κ1) is 14.7. The second-order valence-corrected chi connectivity index (χ2v) is 6.33. The Labute approximate surface area is 132 Å². The summed E-state index contributed by atoms with van der Waals surface area (Å²) in [6.45, 7) is 0.421. The first-order valence-electron chi connectivity index (χ1n) is 6.82. The molecule has 0 atom stereocenters. The summed E-state index contributed by atoms with van der Waals surface area (Å²) < 4.78 is 7.54. The van der Waals surface area contributed by atoms with Gasteiger partial charge < -0.3 is 15.0 Å². The molecule has 1 heterocycles. The Hall–Kier alpha value is -1.24. The van der Waals surface area contributed by atoms with Gasteiger partial charge >= 0.3 is 0 Å². The molecular weight excluding hydrogens is 308 g/mol. The fraction of sp³-hybridized carbons (Fsp3) is 0.429. The molecule has 0 spiro atoms. The minimum absolute atomic E-state index is 0.421. The van der Waals surface area contributed by atoms with Gasteiger partial charge in [-0.2, -0.15) is 0 Å². The largest absolute Gasteiger partial charge is 0.496 e. The van der Waals surface area contributed by atoms with Crippen molar-refractivity contribution in [2.45, 2.75) is 36.3 Å². The van der Waals surface area contributed by atoms with Gasteiger partial charge in [0.25, 0.3) is 0 Å². The third-order valence-electron chi connectivity index (χ3n) is 3.43. The lowest BCUT2D eigenvalue weighted by molar-refractivity contribution is 0.411. The molecule has 2 aromatic rings. The molecule has 3 rings (SSSR count). The van der Waals surface area contributed by atoms with E-state index in [0.717, 1.165) is 28.0 Å². The third-order valence-corrected chi connectivity index (χ3v) is 4.66. The summed E-state index contributed by atoms with van der Waals surface area (Å²) in [4.78, 5) is 0. The van der Waals surface area contributed by atoms with Gasteiger partial charge in [-0.25, -0.2) is 0 Å². The number of hydrogen-bond donors (Lipinski definition) is 1. The van der Waals surface area contributed by atoms with E-state index in [2.05, 4.69) is 14.8 Å². The second kappa shape index (κ2) is 6.25. The van der Waals surface area contributed by atoms with Gasteiger partial charge in [0.1, 0.15) is 11.6 Å².